The second-order valence-corrected chi connectivity index (χ2v) is 4.91. The van der Waals surface area contributed by atoms with E-state index < -0.39 is 0 Å². The predicted molar refractivity (Wildman–Crippen MR) is 77.4 cm³/mol. The minimum atomic E-state index is -0.191. The largest absolute Gasteiger partial charge is 0.505 e. The monoisotopic (exact) mass is 270 g/mol. The summed E-state index contributed by atoms with van der Waals surface area (Å²) in [5, 5.41) is 9.77. The molecule has 20 heavy (non-hydrogen) atoms. The Labute approximate surface area is 118 Å². The standard InChI is InChI=1S/C16H18N2O2/c1-12(2)18(11-13-6-4-3-5-7-13)16(20)14-8-9-17-10-15(14)19/h3-10,12,19H,11H2,1-2H3. The molecule has 1 heterocycles. The molecule has 0 aliphatic carbocycles. The van der Waals surface area contributed by atoms with Crippen LogP contribution in [0.5, 0.6) is 5.75 Å². The van der Waals surface area contributed by atoms with E-state index in [4.69, 9.17) is 0 Å². The molecular formula is C16H18N2O2. The van der Waals surface area contributed by atoms with Crippen molar-refractivity contribution in [3.63, 3.8) is 0 Å². The number of nitrogens with zero attached hydrogens (tertiary/aromatic N) is 2. The van der Waals surface area contributed by atoms with E-state index in [9.17, 15) is 9.90 Å². The molecule has 0 saturated heterocycles. The second kappa shape index (κ2) is 6.19. The maximum Gasteiger partial charge on any atom is 0.258 e. The van der Waals surface area contributed by atoms with Crippen LogP contribution in [0.3, 0.4) is 0 Å². The van der Waals surface area contributed by atoms with Gasteiger partial charge in [0.1, 0.15) is 5.75 Å². The number of amides is 1. The van der Waals surface area contributed by atoms with E-state index in [1.54, 1.807) is 4.90 Å². The summed E-state index contributed by atoms with van der Waals surface area (Å²) in [4.78, 5) is 18.1. The first-order chi connectivity index (χ1) is 9.59. The van der Waals surface area contributed by atoms with E-state index in [2.05, 4.69) is 4.98 Å². The van der Waals surface area contributed by atoms with Crippen molar-refractivity contribution in [3.05, 3.63) is 59.9 Å². The number of aromatic hydroxyl groups is 1. The fraction of sp³-hybridized carbons (Fsp3) is 0.250. The number of aromatic nitrogens is 1. The number of pyridine rings is 1. The smallest absolute Gasteiger partial charge is 0.258 e. The zero-order valence-corrected chi connectivity index (χ0v) is 11.7. The van der Waals surface area contributed by atoms with Crippen LogP contribution in [0.25, 0.3) is 0 Å². The number of carbonyl (C=O) groups excluding carboxylic acids is 1. The zero-order valence-electron chi connectivity index (χ0n) is 11.7. The summed E-state index contributed by atoms with van der Waals surface area (Å²) in [5.74, 6) is -0.278. The molecule has 0 bridgehead atoms. The van der Waals surface area contributed by atoms with Crippen molar-refractivity contribution in [3.8, 4) is 5.75 Å². The molecule has 0 radical (unpaired) electrons. The van der Waals surface area contributed by atoms with Gasteiger partial charge in [0.05, 0.1) is 11.8 Å². The van der Waals surface area contributed by atoms with Gasteiger partial charge in [0, 0.05) is 18.8 Å². The van der Waals surface area contributed by atoms with E-state index in [1.807, 2.05) is 44.2 Å². The van der Waals surface area contributed by atoms with Gasteiger partial charge in [0.2, 0.25) is 0 Å². The number of benzene rings is 1. The Morgan fingerprint density at radius 3 is 2.55 bits per heavy atom. The first-order valence-corrected chi connectivity index (χ1v) is 6.57. The van der Waals surface area contributed by atoms with Gasteiger partial charge in [-0.05, 0) is 25.5 Å². The Balaban J connectivity index is 2.25. The van der Waals surface area contributed by atoms with Crippen LogP contribution in [-0.4, -0.2) is 26.9 Å². The molecule has 1 aromatic carbocycles. The Hall–Kier alpha value is -2.36. The van der Waals surface area contributed by atoms with Crippen LogP contribution < -0.4 is 0 Å². The fourth-order valence-electron chi connectivity index (χ4n) is 1.99. The lowest BCUT2D eigenvalue weighted by atomic mass is 10.1. The van der Waals surface area contributed by atoms with Crippen LogP contribution in [0.2, 0.25) is 0 Å². The highest BCUT2D eigenvalue weighted by Crippen LogP contribution is 2.19. The SMILES string of the molecule is CC(C)N(Cc1ccccc1)C(=O)c1ccncc1O. The summed E-state index contributed by atoms with van der Waals surface area (Å²) in [6.45, 7) is 4.43. The highest BCUT2D eigenvalue weighted by molar-refractivity contribution is 5.96. The van der Waals surface area contributed by atoms with Crippen molar-refractivity contribution < 1.29 is 9.90 Å². The number of rotatable bonds is 4. The molecule has 0 aliphatic heterocycles. The van der Waals surface area contributed by atoms with E-state index in [-0.39, 0.29) is 23.3 Å². The first-order valence-electron chi connectivity index (χ1n) is 6.57. The van der Waals surface area contributed by atoms with Crippen LogP contribution in [0, 0.1) is 0 Å². The molecule has 1 N–H and O–H groups in total. The zero-order chi connectivity index (χ0) is 14.5. The molecule has 0 aliphatic rings. The summed E-state index contributed by atoms with van der Waals surface area (Å²) in [7, 11) is 0. The van der Waals surface area contributed by atoms with Crippen molar-refractivity contribution in [1.82, 2.24) is 9.88 Å². The first kappa shape index (κ1) is 14.1. The van der Waals surface area contributed by atoms with Gasteiger partial charge in [-0.3, -0.25) is 9.78 Å². The van der Waals surface area contributed by atoms with Crippen LogP contribution in [0.1, 0.15) is 29.8 Å². The molecule has 0 atom stereocenters. The summed E-state index contributed by atoms with van der Waals surface area (Å²) in [6, 6.07) is 11.4. The Kier molecular flexibility index (Phi) is 4.35. The van der Waals surface area contributed by atoms with Gasteiger partial charge in [-0.25, -0.2) is 0 Å². The average Bonchev–Trinajstić information content (AvgIpc) is 2.45. The Morgan fingerprint density at radius 2 is 1.95 bits per heavy atom. The van der Waals surface area contributed by atoms with Gasteiger partial charge >= 0.3 is 0 Å². The van der Waals surface area contributed by atoms with Gasteiger partial charge in [-0.2, -0.15) is 0 Å². The molecule has 0 unspecified atom stereocenters. The molecule has 4 heteroatoms. The normalized spacial score (nSPS) is 10.6. The Bertz CT molecular complexity index is 582. The molecule has 0 fully saturated rings. The fourth-order valence-corrected chi connectivity index (χ4v) is 1.99. The van der Waals surface area contributed by atoms with Crippen molar-refractivity contribution >= 4 is 5.91 Å². The van der Waals surface area contributed by atoms with E-state index >= 15 is 0 Å². The van der Waals surface area contributed by atoms with Gasteiger partial charge in [-0.1, -0.05) is 30.3 Å². The van der Waals surface area contributed by atoms with Crippen molar-refractivity contribution in [2.75, 3.05) is 0 Å². The van der Waals surface area contributed by atoms with Crippen molar-refractivity contribution in [2.45, 2.75) is 26.4 Å². The topological polar surface area (TPSA) is 53.4 Å². The van der Waals surface area contributed by atoms with E-state index in [0.29, 0.717) is 6.54 Å². The third-order valence-electron chi connectivity index (χ3n) is 3.11. The van der Waals surface area contributed by atoms with Gasteiger partial charge in [0.25, 0.3) is 5.91 Å². The minimum absolute atomic E-state index is 0.0373. The number of hydrogen-bond donors (Lipinski definition) is 1. The molecule has 2 rings (SSSR count). The number of hydrogen-bond acceptors (Lipinski definition) is 3. The van der Waals surface area contributed by atoms with Crippen molar-refractivity contribution in [1.29, 1.82) is 0 Å². The lowest BCUT2D eigenvalue weighted by molar-refractivity contribution is 0.0687. The highest BCUT2D eigenvalue weighted by atomic mass is 16.3. The molecule has 0 saturated carbocycles. The lowest BCUT2D eigenvalue weighted by Gasteiger charge is -2.27. The maximum absolute atomic E-state index is 12.5. The van der Waals surface area contributed by atoms with Gasteiger partial charge in [0.15, 0.2) is 0 Å². The highest BCUT2D eigenvalue weighted by Gasteiger charge is 2.21. The summed E-state index contributed by atoms with van der Waals surface area (Å²) in [5.41, 5.74) is 1.34. The Morgan fingerprint density at radius 1 is 1.25 bits per heavy atom. The second-order valence-electron chi connectivity index (χ2n) is 4.91. The summed E-state index contributed by atoms with van der Waals surface area (Å²) in [6.07, 6.45) is 2.79. The average molecular weight is 270 g/mol. The van der Waals surface area contributed by atoms with Crippen LogP contribution in [0.15, 0.2) is 48.8 Å². The quantitative estimate of drug-likeness (QED) is 0.929. The third kappa shape index (κ3) is 3.15. The summed E-state index contributed by atoms with van der Waals surface area (Å²) >= 11 is 0. The minimum Gasteiger partial charge on any atom is -0.505 e. The maximum atomic E-state index is 12.5. The molecule has 4 nitrogen and oxygen atoms in total. The van der Waals surface area contributed by atoms with Gasteiger partial charge < -0.3 is 10.0 Å². The van der Waals surface area contributed by atoms with Crippen LogP contribution in [0.4, 0.5) is 0 Å². The molecule has 1 aromatic heterocycles. The molecule has 0 spiro atoms. The van der Waals surface area contributed by atoms with Crippen molar-refractivity contribution in [2.24, 2.45) is 0 Å². The predicted octanol–water partition coefficient (Wildman–Crippen LogP) is 2.84. The lowest BCUT2D eigenvalue weighted by Crippen LogP contribution is -2.36. The number of carbonyl (C=O) groups is 1. The molecule has 104 valence electrons. The van der Waals surface area contributed by atoms with E-state index in [0.717, 1.165) is 5.56 Å². The summed E-state index contributed by atoms with van der Waals surface area (Å²) < 4.78 is 0. The molecule has 2 aromatic rings. The van der Waals surface area contributed by atoms with Crippen LogP contribution >= 0.6 is 0 Å². The van der Waals surface area contributed by atoms with Crippen LogP contribution in [-0.2, 0) is 6.54 Å². The van der Waals surface area contributed by atoms with E-state index in [1.165, 1.54) is 18.5 Å². The third-order valence-corrected chi connectivity index (χ3v) is 3.11. The molecule has 1 amide bonds. The molecular weight excluding hydrogens is 252 g/mol. The van der Waals surface area contributed by atoms with Gasteiger partial charge in [-0.15, -0.1) is 0 Å².